The Hall–Kier alpha value is 1.67. The van der Waals surface area contributed by atoms with E-state index in [1.165, 1.54) is 0 Å². The van der Waals surface area contributed by atoms with Crippen molar-refractivity contribution in [3.05, 3.63) is 0 Å². The van der Waals surface area contributed by atoms with E-state index in [0.29, 0.717) is 10.5 Å². The highest BCUT2D eigenvalue weighted by atomic mass is 32.2. The molecule has 0 saturated heterocycles. The number of hydrogen-bond donors (Lipinski definition) is 4. The maximum atomic E-state index is 8.78. The van der Waals surface area contributed by atoms with Gasteiger partial charge in [0, 0.05) is 46.7 Å². The van der Waals surface area contributed by atoms with E-state index in [9.17, 15) is 0 Å². The summed E-state index contributed by atoms with van der Waals surface area (Å²) in [4.78, 5) is 0. The molecule has 7 heteroatoms. The molecule has 0 bridgehead atoms. The number of rotatable bonds is 14. The summed E-state index contributed by atoms with van der Waals surface area (Å²) in [5.41, 5.74) is 0. The Morgan fingerprint density at radius 1 is 0.789 bits per heavy atom. The molecule has 0 saturated carbocycles. The summed E-state index contributed by atoms with van der Waals surface area (Å²) < 4.78 is 0. The second-order valence-electron chi connectivity index (χ2n) is 4.04. The lowest BCUT2D eigenvalue weighted by Gasteiger charge is -2.18. The maximum absolute atomic E-state index is 8.78. The highest BCUT2D eigenvalue weighted by Crippen LogP contribution is 2.24. The SMILES string of the molecule is OCCCSCC(CS)SCC(CS)SCCCO. The molecule has 0 heterocycles. The first-order valence-corrected chi connectivity index (χ1v) is 11.0. The second kappa shape index (κ2) is 16.0. The first kappa shape index (κ1) is 20.7. The Morgan fingerprint density at radius 3 is 1.95 bits per heavy atom. The molecule has 0 spiro atoms. The lowest BCUT2D eigenvalue weighted by atomic mass is 10.5. The lowest BCUT2D eigenvalue weighted by molar-refractivity contribution is 0.296. The van der Waals surface area contributed by atoms with Crippen LogP contribution in [0.2, 0.25) is 0 Å². The van der Waals surface area contributed by atoms with E-state index in [1.54, 1.807) is 0 Å². The summed E-state index contributed by atoms with van der Waals surface area (Å²) in [6, 6.07) is 0. The summed E-state index contributed by atoms with van der Waals surface area (Å²) in [6.07, 6.45) is 1.75. The van der Waals surface area contributed by atoms with Gasteiger partial charge in [0.05, 0.1) is 0 Å². The fourth-order valence-corrected chi connectivity index (χ4v) is 6.11. The minimum Gasteiger partial charge on any atom is -0.396 e. The van der Waals surface area contributed by atoms with E-state index in [1.807, 2.05) is 35.3 Å². The number of thiol groups is 2. The van der Waals surface area contributed by atoms with Crippen molar-refractivity contribution in [3.63, 3.8) is 0 Å². The summed E-state index contributed by atoms with van der Waals surface area (Å²) in [5.74, 6) is 6.04. The van der Waals surface area contributed by atoms with E-state index < -0.39 is 0 Å². The van der Waals surface area contributed by atoms with Gasteiger partial charge >= 0.3 is 0 Å². The molecule has 2 unspecified atom stereocenters. The van der Waals surface area contributed by atoms with Gasteiger partial charge < -0.3 is 10.2 Å². The summed E-state index contributed by atoms with van der Waals surface area (Å²) in [5, 5.41) is 18.7. The first-order chi connectivity index (χ1) is 9.28. The number of aliphatic hydroxyl groups excluding tert-OH is 2. The van der Waals surface area contributed by atoms with Crippen LogP contribution in [0.1, 0.15) is 12.8 Å². The zero-order valence-electron chi connectivity index (χ0n) is 11.2. The molecule has 0 amide bonds. The van der Waals surface area contributed by atoms with Gasteiger partial charge in [0.2, 0.25) is 0 Å². The topological polar surface area (TPSA) is 40.5 Å². The van der Waals surface area contributed by atoms with Crippen molar-refractivity contribution in [3.8, 4) is 0 Å². The van der Waals surface area contributed by atoms with Crippen LogP contribution in [0, 0.1) is 0 Å². The Bertz CT molecular complexity index is 186. The zero-order valence-corrected chi connectivity index (χ0v) is 15.5. The molecule has 2 atom stereocenters. The van der Waals surface area contributed by atoms with Crippen LogP contribution < -0.4 is 0 Å². The van der Waals surface area contributed by atoms with Crippen LogP contribution in [0.25, 0.3) is 0 Å². The third kappa shape index (κ3) is 13.1. The minimum atomic E-state index is 0.278. The predicted molar refractivity (Wildman–Crippen MR) is 101 cm³/mol. The van der Waals surface area contributed by atoms with Crippen LogP contribution in [0.4, 0.5) is 0 Å². The average Bonchev–Trinajstić information content (AvgIpc) is 2.44. The molecule has 2 N–H and O–H groups in total. The van der Waals surface area contributed by atoms with Crippen LogP contribution in [0.5, 0.6) is 0 Å². The van der Waals surface area contributed by atoms with Gasteiger partial charge in [-0.15, -0.1) is 0 Å². The number of thioether (sulfide) groups is 3. The fourth-order valence-electron chi connectivity index (χ4n) is 1.25. The minimum absolute atomic E-state index is 0.278. The van der Waals surface area contributed by atoms with Gasteiger partial charge in [0.1, 0.15) is 0 Å². The van der Waals surface area contributed by atoms with Crippen molar-refractivity contribution in [2.24, 2.45) is 0 Å². The lowest BCUT2D eigenvalue weighted by Crippen LogP contribution is -2.16. The van der Waals surface area contributed by atoms with Gasteiger partial charge in [0.25, 0.3) is 0 Å². The van der Waals surface area contributed by atoms with Crippen molar-refractivity contribution in [2.75, 3.05) is 47.7 Å². The van der Waals surface area contributed by atoms with Crippen molar-refractivity contribution >= 4 is 60.5 Å². The quantitative estimate of drug-likeness (QED) is 0.282. The molecule has 0 aliphatic rings. The van der Waals surface area contributed by atoms with Crippen LogP contribution in [0.3, 0.4) is 0 Å². The van der Waals surface area contributed by atoms with Gasteiger partial charge in [-0.3, -0.25) is 0 Å². The molecule has 0 aromatic rings. The van der Waals surface area contributed by atoms with E-state index in [-0.39, 0.29) is 13.2 Å². The van der Waals surface area contributed by atoms with E-state index in [4.69, 9.17) is 10.2 Å². The summed E-state index contributed by atoms with van der Waals surface area (Å²) in [7, 11) is 0. The Kier molecular flexibility index (Phi) is 17.5. The molecule has 0 fully saturated rings. The highest BCUT2D eigenvalue weighted by molar-refractivity contribution is 8.05. The van der Waals surface area contributed by atoms with Crippen molar-refractivity contribution in [1.29, 1.82) is 0 Å². The highest BCUT2D eigenvalue weighted by Gasteiger charge is 2.12. The largest absolute Gasteiger partial charge is 0.396 e. The molecule has 0 aromatic heterocycles. The molecule has 0 aliphatic carbocycles. The molecule has 2 nitrogen and oxygen atoms in total. The van der Waals surface area contributed by atoms with Gasteiger partial charge in [-0.1, -0.05) is 0 Å². The maximum Gasteiger partial charge on any atom is 0.0438 e. The Labute approximate surface area is 141 Å². The monoisotopic (exact) mass is 362 g/mol. The number of aliphatic hydroxyl groups is 2. The van der Waals surface area contributed by atoms with Gasteiger partial charge in [-0.2, -0.15) is 60.5 Å². The van der Waals surface area contributed by atoms with Crippen LogP contribution >= 0.6 is 60.5 Å². The van der Waals surface area contributed by atoms with E-state index in [2.05, 4.69) is 25.3 Å². The Morgan fingerprint density at radius 2 is 1.37 bits per heavy atom. The molecule has 0 rings (SSSR count). The smallest absolute Gasteiger partial charge is 0.0438 e. The molecule has 0 aromatic carbocycles. The third-order valence-corrected chi connectivity index (χ3v) is 8.07. The van der Waals surface area contributed by atoms with E-state index >= 15 is 0 Å². The van der Waals surface area contributed by atoms with Gasteiger partial charge in [-0.05, 0) is 24.3 Å². The van der Waals surface area contributed by atoms with Crippen molar-refractivity contribution < 1.29 is 10.2 Å². The summed E-state index contributed by atoms with van der Waals surface area (Å²) >= 11 is 14.6. The van der Waals surface area contributed by atoms with Crippen LogP contribution in [0.15, 0.2) is 0 Å². The molecule has 19 heavy (non-hydrogen) atoms. The molecule has 116 valence electrons. The van der Waals surface area contributed by atoms with Crippen molar-refractivity contribution in [1.82, 2.24) is 0 Å². The predicted octanol–water partition coefficient (Wildman–Crippen LogP) is 2.55. The fraction of sp³-hybridized carbons (Fsp3) is 1.00. The molecular formula is C12H26O2S5. The van der Waals surface area contributed by atoms with Gasteiger partial charge in [0.15, 0.2) is 0 Å². The van der Waals surface area contributed by atoms with Crippen molar-refractivity contribution in [2.45, 2.75) is 23.3 Å². The van der Waals surface area contributed by atoms with Crippen LogP contribution in [-0.4, -0.2) is 68.4 Å². The zero-order chi connectivity index (χ0) is 14.3. The average molecular weight is 363 g/mol. The van der Waals surface area contributed by atoms with E-state index in [0.717, 1.165) is 47.4 Å². The van der Waals surface area contributed by atoms with Crippen LogP contribution in [-0.2, 0) is 0 Å². The standard InChI is InChI=1S/C12H26O2S5/c13-3-1-5-17-9-11(7-15)19-10-12(8-16)18-6-2-4-14/h11-16H,1-10H2. The molecule has 0 radical (unpaired) electrons. The second-order valence-corrected chi connectivity index (χ2v) is 8.66. The third-order valence-electron chi connectivity index (χ3n) is 2.33. The molecule has 0 aliphatic heterocycles. The molecular weight excluding hydrogens is 336 g/mol. The Balaban J connectivity index is 3.70. The number of hydrogen-bond acceptors (Lipinski definition) is 7. The normalized spacial score (nSPS) is 14.5. The summed E-state index contributed by atoms with van der Waals surface area (Å²) in [6.45, 7) is 0.565. The first-order valence-electron chi connectivity index (χ1n) is 6.52. The van der Waals surface area contributed by atoms with Gasteiger partial charge in [-0.25, -0.2) is 0 Å².